The lowest BCUT2D eigenvalue weighted by Crippen LogP contribution is -2.09. The fourth-order valence-corrected chi connectivity index (χ4v) is 8.80. The van der Waals surface area contributed by atoms with Crippen LogP contribution in [0.5, 0.6) is 0 Å². The van der Waals surface area contributed by atoms with E-state index in [-0.39, 0.29) is 70.2 Å². The van der Waals surface area contributed by atoms with Gasteiger partial charge in [0.1, 0.15) is 22.8 Å². The minimum atomic E-state index is -4.41. The molecule has 14 nitrogen and oxygen atoms in total. The van der Waals surface area contributed by atoms with Crippen molar-refractivity contribution in [3.05, 3.63) is 234 Å². The topological polar surface area (TPSA) is 213 Å². The van der Waals surface area contributed by atoms with Gasteiger partial charge in [0.2, 0.25) is 5.24 Å². The maximum atomic E-state index is 12.5. The zero-order valence-corrected chi connectivity index (χ0v) is 59.9. The molecule has 0 unspecified atom stereocenters. The van der Waals surface area contributed by atoms with Gasteiger partial charge in [-0.1, -0.05) is 70.8 Å². The molecule has 0 aliphatic rings. The fraction of sp³-hybridized carbons (Fsp3) is 0.343. The number of carboxylic acids is 1. The zero-order valence-electron chi connectivity index (χ0n) is 54.2. The molecule has 0 spiro atoms. The average Bonchev–Trinajstić information content (AvgIpc) is 1.74. The number of hydrogen-bond acceptors (Lipinski definition) is 9. The van der Waals surface area contributed by atoms with Gasteiger partial charge in [-0.05, 0) is 196 Å². The molecule has 4 aromatic carbocycles. The number of carboxylic acid groups (broad SMARTS) is 1. The first-order valence-electron chi connectivity index (χ1n) is 29.5. The van der Waals surface area contributed by atoms with Crippen molar-refractivity contribution >= 4 is 111 Å². The van der Waals surface area contributed by atoms with E-state index in [2.05, 4.69) is 19.9 Å². The van der Waals surface area contributed by atoms with Crippen molar-refractivity contribution in [2.75, 3.05) is 25.2 Å². The minimum Gasteiger partial charge on any atom is -0.477 e. The largest absolute Gasteiger partial charge is 0.643 e. The number of aryl methyl sites for hydroxylation is 5. The van der Waals surface area contributed by atoms with Crippen molar-refractivity contribution in [2.24, 2.45) is 0 Å². The van der Waals surface area contributed by atoms with Crippen LogP contribution < -0.4 is 0 Å². The summed E-state index contributed by atoms with van der Waals surface area (Å²) in [7, 11) is 14.8. The summed E-state index contributed by atoms with van der Waals surface area (Å²) in [5.74, 6) is -2.54. The molecule has 0 bridgehead atoms. The first-order valence-corrected chi connectivity index (χ1v) is 36.1. The van der Waals surface area contributed by atoms with E-state index in [4.69, 9.17) is 84.3 Å². The molecule has 0 aliphatic heterocycles. The number of carbonyl (C=O) groups excluding carboxylic acids is 5. The molecule has 0 aliphatic carbocycles. The highest BCUT2D eigenvalue weighted by Crippen LogP contribution is 2.33. The molecule has 33 heteroatoms. The van der Waals surface area contributed by atoms with Crippen LogP contribution in [0.1, 0.15) is 173 Å². The third-order valence-electron chi connectivity index (χ3n) is 13.7. The van der Waals surface area contributed by atoms with E-state index in [1.54, 1.807) is 53.2 Å². The number of Topliss-reactive ketones (excluding diaryl/α,β-unsaturated/α-hetero) is 1. The van der Waals surface area contributed by atoms with E-state index in [9.17, 15) is 81.5 Å². The molecule has 5 N–H and O–H groups in total. The van der Waals surface area contributed by atoms with Crippen molar-refractivity contribution in [1.29, 1.82) is 0 Å². The molecular weight excluding hydrogens is 1520 g/mol. The predicted molar refractivity (Wildman–Crippen MR) is 380 cm³/mol. The number of alkyl halides is 14. The van der Waals surface area contributed by atoms with Crippen LogP contribution in [0.25, 0.3) is 0 Å². The number of aromatic amines is 4. The zero-order chi connectivity index (χ0) is 75.9. The van der Waals surface area contributed by atoms with Gasteiger partial charge in [0.25, 0.3) is 0 Å². The first kappa shape index (κ1) is 97.7. The second-order valence-corrected chi connectivity index (χ2v) is 28.3. The number of aromatic nitrogens is 4. The Labute approximate surface area is 621 Å². The Balaban J connectivity index is 0. The van der Waals surface area contributed by atoms with Gasteiger partial charge in [0.05, 0.1) is 47.4 Å². The Hall–Kier alpha value is -7.35. The summed E-state index contributed by atoms with van der Waals surface area (Å²) in [5, 5.41) is 8.53. The maximum Gasteiger partial charge on any atom is 0.643 e. The average molecular weight is 1600 g/mol. The molecular formula is C70H79AlCl6F12N4O10. The number of hydrogen-bond donors (Lipinski definition) is 5. The Morgan fingerprint density at radius 1 is 0.427 bits per heavy atom. The first-order chi connectivity index (χ1) is 46.6. The number of rotatable bonds is 18. The van der Waals surface area contributed by atoms with Gasteiger partial charge in [0, 0.05) is 43.2 Å². The van der Waals surface area contributed by atoms with E-state index in [0.717, 1.165) is 81.9 Å². The molecule has 103 heavy (non-hydrogen) atoms. The lowest BCUT2D eigenvalue weighted by molar-refractivity contribution is -0.138. The molecule has 4 heterocycles. The standard InChI is InChI=1S/C17H16F3NO3.C17H18F3NO2.C15H14F3NO2.C9H6ClF3O.C8H11NO2.CH2Cl2.3CH4.Al.3ClH/c1-3-24-16(23)15-10(2)13(9-21-15)14(22)8-11-4-6-12(7-5-11)17(18,19)20;1-3-23-16(22)15-11(2)13(10-21-15)7-4-12-5-8-14(9-6-12)17(18,19)20;1-9-11(8-19-13(9)14(20)21)5-2-10-3-6-12(7-4-10)15(16,17)18;10-8(14)5-6-1-3-7(4-2-6)9(11,12)13;1-3-11-8(10)7-6(2)4-5-9-7;2-1-3;;;;;;;/h4-7,9,21H,3,8H2,1-2H3;5-6,8-10,21H,3-4,7H2,1-2H3;3-4,6-8,19H,2,5H2,1H3,(H,20,21);1-4H,5H2;4-5,9H,3H2,1-2H3;1H2;3*1H4;;3*1H/q;;;;;;;;;+3;;;/p-3. The van der Waals surface area contributed by atoms with Gasteiger partial charge in [-0.2, -0.15) is 52.7 Å². The summed E-state index contributed by atoms with van der Waals surface area (Å²) < 4.78 is 163. The molecule has 0 radical (unpaired) electrons. The van der Waals surface area contributed by atoms with Gasteiger partial charge in [-0.3, -0.25) is 9.59 Å². The van der Waals surface area contributed by atoms with Gasteiger partial charge in [0.15, 0.2) is 5.78 Å². The van der Waals surface area contributed by atoms with Crippen molar-refractivity contribution in [1.82, 2.24) is 19.9 Å². The molecule has 0 fully saturated rings. The Morgan fingerprint density at radius 2 is 0.718 bits per heavy atom. The van der Waals surface area contributed by atoms with E-state index in [1.165, 1.54) is 54.7 Å². The van der Waals surface area contributed by atoms with E-state index < -0.39 is 81.5 Å². The van der Waals surface area contributed by atoms with Crippen LogP contribution >= 0.6 is 65.0 Å². The highest BCUT2D eigenvalue weighted by atomic mass is 35.8. The number of esters is 3. The van der Waals surface area contributed by atoms with E-state index in [0.29, 0.717) is 78.1 Å². The second-order valence-electron chi connectivity index (χ2n) is 20.6. The Kier molecular flexibility index (Phi) is 44.8. The summed E-state index contributed by atoms with van der Waals surface area (Å²) >= 11 is 12.9. The van der Waals surface area contributed by atoms with Crippen LogP contribution in [0.4, 0.5) is 52.7 Å². The van der Waals surface area contributed by atoms with Crippen molar-refractivity contribution < 1.29 is 101 Å². The van der Waals surface area contributed by atoms with Crippen LogP contribution in [0.3, 0.4) is 0 Å². The summed E-state index contributed by atoms with van der Waals surface area (Å²) in [6, 6.07) is 20.7. The van der Waals surface area contributed by atoms with Crippen LogP contribution in [0.15, 0.2) is 128 Å². The molecule has 0 saturated carbocycles. The summed E-state index contributed by atoms with van der Waals surface area (Å²) in [6.45, 7) is 13.1. The summed E-state index contributed by atoms with van der Waals surface area (Å²) in [6.07, 6.45) is -8.65. The number of aromatic carboxylic acids is 1. The lowest BCUT2D eigenvalue weighted by Gasteiger charge is -2.07. The third kappa shape index (κ3) is 34.9. The summed E-state index contributed by atoms with van der Waals surface area (Å²) in [4.78, 5) is 79.3. The van der Waals surface area contributed by atoms with Crippen molar-refractivity contribution in [2.45, 2.75) is 134 Å². The quantitative estimate of drug-likeness (QED) is 0.0104. The highest BCUT2D eigenvalue weighted by Gasteiger charge is 2.33. The Morgan fingerprint density at radius 3 is 1.01 bits per heavy atom. The van der Waals surface area contributed by atoms with Crippen molar-refractivity contribution in [3.8, 4) is 0 Å². The number of benzene rings is 4. The number of ketones is 1. The lowest BCUT2D eigenvalue weighted by atomic mass is 10.0. The number of H-pyrrole nitrogens is 4. The van der Waals surface area contributed by atoms with Crippen LogP contribution in [0.2, 0.25) is 0 Å². The van der Waals surface area contributed by atoms with E-state index in [1.807, 2.05) is 19.9 Å². The molecule has 8 aromatic rings. The minimum absolute atomic E-state index is 0. The second kappa shape index (κ2) is 47.2. The monoisotopic (exact) mass is 1600 g/mol. The normalized spacial score (nSPS) is 10.6. The SMILES string of the molecule is C.C.C.CCOC(=O)c1[nH]cc(C(=O)Cc2ccc(C(F)(F)F)cc2)c1C.CCOC(=O)c1[nH]cc(CCc2ccc(C(F)(F)F)cc2)c1C.CCOC(=O)c1[nH]ccc1C.Cc1c(CCc2ccc(C(F)(F)F)cc2)c[nH]c1C(=O)O.ClCCl.O=C(Cl)Cc1ccc(C(F)(F)F)cc1.[Cl][Al]([Cl])[Cl]. The molecule has 4 aromatic heterocycles. The molecule has 0 amide bonds. The number of nitrogens with one attached hydrogen (secondary N) is 4. The fourth-order valence-electron chi connectivity index (χ4n) is 8.64. The molecule has 0 saturated heterocycles. The van der Waals surface area contributed by atoms with Crippen LogP contribution in [-0.4, -0.2) is 96.5 Å². The smallest absolute Gasteiger partial charge is 0.477 e. The van der Waals surface area contributed by atoms with Gasteiger partial charge < -0.3 is 39.3 Å². The highest BCUT2D eigenvalue weighted by molar-refractivity contribution is 7.54. The molecule has 0 atom stereocenters. The van der Waals surface area contributed by atoms with Gasteiger partial charge in [-0.25, -0.2) is 49.3 Å². The number of halogens is 18. The van der Waals surface area contributed by atoms with Crippen molar-refractivity contribution in [3.63, 3.8) is 0 Å². The van der Waals surface area contributed by atoms with Gasteiger partial charge in [-0.15, -0.1) is 23.2 Å². The predicted octanol–water partition coefficient (Wildman–Crippen LogP) is 21.6. The molecule has 568 valence electrons. The number of carbonyl (C=O) groups is 6. The van der Waals surface area contributed by atoms with Crippen LogP contribution in [-0.2, 0) is 82.2 Å². The maximum absolute atomic E-state index is 12.5. The number of ether oxygens (including phenoxy) is 3. The summed E-state index contributed by atoms with van der Waals surface area (Å²) in [5.41, 5.74) is 6.02. The van der Waals surface area contributed by atoms with Crippen LogP contribution in [0, 0.1) is 27.7 Å². The Bertz CT molecular complexity index is 3850. The third-order valence-corrected chi connectivity index (χ3v) is 13.9. The van der Waals surface area contributed by atoms with Gasteiger partial charge >= 0.3 is 60.0 Å². The van der Waals surface area contributed by atoms with E-state index >= 15 is 0 Å². The molecule has 8 rings (SSSR count).